The van der Waals surface area contributed by atoms with Gasteiger partial charge in [0.25, 0.3) is 0 Å². The second-order valence-corrected chi connectivity index (χ2v) is 5.18. The highest BCUT2D eigenvalue weighted by Gasteiger charge is 2.20. The molecule has 1 fully saturated rings. The fourth-order valence-electron chi connectivity index (χ4n) is 2.71. The van der Waals surface area contributed by atoms with Gasteiger partial charge < -0.3 is 15.3 Å². The van der Waals surface area contributed by atoms with Crippen LogP contribution in [-0.2, 0) is 0 Å². The van der Waals surface area contributed by atoms with Crippen LogP contribution in [-0.4, -0.2) is 37.4 Å². The summed E-state index contributed by atoms with van der Waals surface area (Å²) < 4.78 is 0. The maximum Gasteiger partial charge on any atom is 0.0556 e. The van der Waals surface area contributed by atoms with Gasteiger partial charge in [-0.3, -0.25) is 0 Å². The molecule has 2 rings (SSSR count). The molecule has 1 heterocycles. The molecule has 1 saturated heterocycles. The molecule has 1 aliphatic rings. The van der Waals surface area contributed by atoms with Crippen LogP contribution in [0.15, 0.2) is 18.2 Å². The van der Waals surface area contributed by atoms with Gasteiger partial charge in [0.1, 0.15) is 0 Å². The number of aryl methyl sites for hydroxylation is 1. The van der Waals surface area contributed by atoms with E-state index in [0.717, 1.165) is 13.1 Å². The molecule has 0 saturated carbocycles. The minimum atomic E-state index is 0.222. The zero-order valence-corrected chi connectivity index (χ0v) is 11.4. The number of nitrogens with one attached hydrogen (secondary N) is 1. The molecule has 0 aromatic heterocycles. The van der Waals surface area contributed by atoms with E-state index < -0.39 is 0 Å². The molecular formula is C15H24N2O. The number of benzene rings is 1. The van der Waals surface area contributed by atoms with Crippen molar-refractivity contribution >= 4 is 5.69 Å². The quantitative estimate of drug-likeness (QED) is 0.853. The Morgan fingerprint density at radius 1 is 1.39 bits per heavy atom. The van der Waals surface area contributed by atoms with Crippen LogP contribution >= 0.6 is 0 Å². The van der Waals surface area contributed by atoms with Crippen LogP contribution in [0.3, 0.4) is 0 Å². The number of nitrogens with zero attached hydrogens (tertiary/aromatic N) is 1. The van der Waals surface area contributed by atoms with E-state index in [4.69, 9.17) is 5.11 Å². The number of anilines is 1. The second-order valence-electron chi connectivity index (χ2n) is 5.18. The minimum Gasteiger partial charge on any atom is -0.395 e. The Balaban J connectivity index is 2.06. The first-order valence-electron chi connectivity index (χ1n) is 6.88. The van der Waals surface area contributed by atoms with Crippen molar-refractivity contribution in [3.63, 3.8) is 0 Å². The molecule has 18 heavy (non-hydrogen) atoms. The second kappa shape index (κ2) is 6.21. The van der Waals surface area contributed by atoms with E-state index in [1.807, 2.05) is 0 Å². The normalized spacial score (nSPS) is 20.2. The summed E-state index contributed by atoms with van der Waals surface area (Å²) in [6, 6.07) is 7.04. The van der Waals surface area contributed by atoms with Gasteiger partial charge in [0.2, 0.25) is 0 Å². The third-order valence-corrected chi connectivity index (χ3v) is 3.88. The monoisotopic (exact) mass is 248 g/mol. The van der Waals surface area contributed by atoms with Crippen molar-refractivity contribution in [1.82, 2.24) is 5.32 Å². The first-order chi connectivity index (χ1) is 8.72. The van der Waals surface area contributed by atoms with Crippen molar-refractivity contribution in [3.8, 4) is 0 Å². The molecule has 1 atom stereocenters. The number of hydrogen-bond acceptors (Lipinski definition) is 3. The van der Waals surface area contributed by atoms with Gasteiger partial charge in [0.15, 0.2) is 0 Å². The van der Waals surface area contributed by atoms with Crippen LogP contribution in [0.2, 0.25) is 0 Å². The number of rotatable bonds is 4. The summed E-state index contributed by atoms with van der Waals surface area (Å²) >= 11 is 0. The summed E-state index contributed by atoms with van der Waals surface area (Å²) in [5.41, 5.74) is 4.11. The molecule has 100 valence electrons. The summed E-state index contributed by atoms with van der Waals surface area (Å²) in [6.45, 7) is 7.48. The summed E-state index contributed by atoms with van der Waals surface area (Å²) in [5, 5.41) is 12.3. The zero-order valence-electron chi connectivity index (χ0n) is 11.4. The van der Waals surface area contributed by atoms with Gasteiger partial charge in [0, 0.05) is 31.4 Å². The number of piperidine rings is 1. The van der Waals surface area contributed by atoms with E-state index in [9.17, 15) is 0 Å². The van der Waals surface area contributed by atoms with Gasteiger partial charge in [-0.15, -0.1) is 0 Å². The molecule has 1 aromatic rings. The Morgan fingerprint density at radius 3 is 3.00 bits per heavy atom. The Kier molecular flexibility index (Phi) is 4.61. The van der Waals surface area contributed by atoms with Crippen LogP contribution in [0.25, 0.3) is 0 Å². The van der Waals surface area contributed by atoms with Crippen LogP contribution in [0.4, 0.5) is 5.69 Å². The summed E-state index contributed by atoms with van der Waals surface area (Å²) in [7, 11) is 0. The van der Waals surface area contributed by atoms with Crippen LogP contribution < -0.4 is 10.2 Å². The number of aliphatic hydroxyl groups is 1. The smallest absolute Gasteiger partial charge is 0.0556 e. The van der Waals surface area contributed by atoms with Crippen molar-refractivity contribution in [2.75, 3.05) is 31.1 Å². The highest BCUT2D eigenvalue weighted by Crippen LogP contribution is 2.25. The van der Waals surface area contributed by atoms with Gasteiger partial charge in [-0.05, 0) is 43.9 Å². The van der Waals surface area contributed by atoms with Crippen molar-refractivity contribution in [2.24, 2.45) is 0 Å². The molecule has 1 aromatic carbocycles. The SMILES string of the molecule is Cc1cccc(N2CCCC(NCCO)C2)c1C. The Bertz CT molecular complexity index is 392. The van der Waals surface area contributed by atoms with Gasteiger partial charge in [-0.2, -0.15) is 0 Å². The first-order valence-corrected chi connectivity index (χ1v) is 6.88. The molecule has 0 amide bonds. The molecule has 0 bridgehead atoms. The molecule has 0 radical (unpaired) electrons. The van der Waals surface area contributed by atoms with Crippen LogP contribution in [0, 0.1) is 13.8 Å². The van der Waals surface area contributed by atoms with Crippen molar-refractivity contribution in [1.29, 1.82) is 0 Å². The highest BCUT2D eigenvalue weighted by molar-refractivity contribution is 5.56. The maximum atomic E-state index is 8.88. The van der Waals surface area contributed by atoms with E-state index in [-0.39, 0.29) is 6.61 Å². The standard InChI is InChI=1S/C15H24N2O/c1-12-5-3-7-15(13(12)2)17-9-4-6-14(11-17)16-8-10-18/h3,5,7,14,16,18H,4,6,8-11H2,1-2H3. The van der Waals surface area contributed by atoms with Gasteiger partial charge >= 0.3 is 0 Å². The number of aliphatic hydroxyl groups excluding tert-OH is 1. The number of hydrogen-bond donors (Lipinski definition) is 2. The average molecular weight is 248 g/mol. The predicted octanol–water partition coefficient (Wildman–Crippen LogP) is 1.85. The maximum absolute atomic E-state index is 8.88. The summed E-state index contributed by atoms with van der Waals surface area (Å²) in [6.07, 6.45) is 2.43. The summed E-state index contributed by atoms with van der Waals surface area (Å²) in [4.78, 5) is 2.47. The molecule has 3 heteroatoms. The lowest BCUT2D eigenvalue weighted by Crippen LogP contribution is -2.46. The molecule has 1 unspecified atom stereocenters. The Morgan fingerprint density at radius 2 is 2.22 bits per heavy atom. The fraction of sp³-hybridized carbons (Fsp3) is 0.600. The lowest BCUT2D eigenvalue weighted by Gasteiger charge is -2.36. The predicted molar refractivity (Wildman–Crippen MR) is 76.2 cm³/mol. The molecule has 3 nitrogen and oxygen atoms in total. The van der Waals surface area contributed by atoms with Gasteiger partial charge in [-0.1, -0.05) is 12.1 Å². The first kappa shape index (κ1) is 13.4. The largest absolute Gasteiger partial charge is 0.395 e. The van der Waals surface area contributed by atoms with E-state index in [0.29, 0.717) is 12.6 Å². The average Bonchev–Trinajstić information content (AvgIpc) is 2.40. The third-order valence-electron chi connectivity index (χ3n) is 3.88. The Labute approximate surface area is 110 Å². The van der Waals surface area contributed by atoms with Crippen molar-refractivity contribution in [2.45, 2.75) is 32.7 Å². The summed E-state index contributed by atoms with van der Waals surface area (Å²) in [5.74, 6) is 0. The van der Waals surface area contributed by atoms with E-state index in [2.05, 4.69) is 42.3 Å². The van der Waals surface area contributed by atoms with Crippen LogP contribution in [0.1, 0.15) is 24.0 Å². The molecule has 0 aliphatic carbocycles. The minimum absolute atomic E-state index is 0.222. The molecule has 0 spiro atoms. The third kappa shape index (κ3) is 3.03. The molecule has 2 N–H and O–H groups in total. The van der Waals surface area contributed by atoms with Gasteiger partial charge in [0.05, 0.1) is 6.61 Å². The van der Waals surface area contributed by atoms with E-state index in [1.165, 1.54) is 29.7 Å². The zero-order chi connectivity index (χ0) is 13.0. The van der Waals surface area contributed by atoms with E-state index >= 15 is 0 Å². The highest BCUT2D eigenvalue weighted by atomic mass is 16.3. The lowest BCUT2D eigenvalue weighted by molar-refractivity contribution is 0.278. The fourth-order valence-corrected chi connectivity index (χ4v) is 2.71. The van der Waals surface area contributed by atoms with Crippen molar-refractivity contribution < 1.29 is 5.11 Å². The Hall–Kier alpha value is -1.06. The molecule has 1 aliphatic heterocycles. The van der Waals surface area contributed by atoms with Crippen molar-refractivity contribution in [3.05, 3.63) is 29.3 Å². The molecular weight excluding hydrogens is 224 g/mol. The van der Waals surface area contributed by atoms with Crippen LogP contribution in [0.5, 0.6) is 0 Å². The van der Waals surface area contributed by atoms with Gasteiger partial charge in [-0.25, -0.2) is 0 Å². The van der Waals surface area contributed by atoms with E-state index in [1.54, 1.807) is 0 Å². The topological polar surface area (TPSA) is 35.5 Å². The lowest BCUT2D eigenvalue weighted by atomic mass is 10.0.